The molecule has 1 aromatic rings. The highest BCUT2D eigenvalue weighted by Crippen LogP contribution is 2.10. The van der Waals surface area contributed by atoms with Gasteiger partial charge < -0.3 is 16.2 Å². The quantitative estimate of drug-likeness (QED) is 0.370. The molecule has 23 heavy (non-hydrogen) atoms. The van der Waals surface area contributed by atoms with Gasteiger partial charge in [0.1, 0.15) is 5.84 Å². The van der Waals surface area contributed by atoms with Crippen molar-refractivity contribution < 1.29 is 13.5 Å². The number of aliphatic hydroxyl groups is 1. The van der Waals surface area contributed by atoms with E-state index in [1.807, 2.05) is 6.92 Å². The number of benzene rings is 1. The summed E-state index contributed by atoms with van der Waals surface area (Å²) in [5.41, 5.74) is 6.77. The van der Waals surface area contributed by atoms with Crippen molar-refractivity contribution in [2.24, 2.45) is 5.73 Å². The van der Waals surface area contributed by atoms with Crippen LogP contribution in [0.15, 0.2) is 24.3 Å². The van der Waals surface area contributed by atoms with Crippen LogP contribution in [-0.2, 0) is 10.0 Å². The van der Waals surface area contributed by atoms with E-state index in [4.69, 9.17) is 11.1 Å². The fraction of sp³-hybridized carbons (Fsp3) is 0.533. The number of rotatable bonds is 10. The second-order valence-electron chi connectivity index (χ2n) is 5.48. The summed E-state index contributed by atoms with van der Waals surface area (Å²) in [6.45, 7) is 2.21. The van der Waals surface area contributed by atoms with Crippen LogP contribution in [0.2, 0.25) is 0 Å². The van der Waals surface area contributed by atoms with Gasteiger partial charge in [-0.25, -0.2) is 12.7 Å². The van der Waals surface area contributed by atoms with E-state index in [0.717, 1.165) is 12.1 Å². The lowest BCUT2D eigenvalue weighted by Crippen LogP contribution is -2.38. The fourth-order valence-electron chi connectivity index (χ4n) is 1.96. The van der Waals surface area contributed by atoms with E-state index >= 15 is 0 Å². The lowest BCUT2D eigenvalue weighted by molar-refractivity contribution is 0.164. The number of unbranched alkanes of at least 4 members (excludes halogenated alkanes) is 1. The Labute approximate surface area is 138 Å². The minimum atomic E-state index is -3.31. The van der Waals surface area contributed by atoms with Gasteiger partial charge in [0, 0.05) is 31.4 Å². The van der Waals surface area contributed by atoms with Gasteiger partial charge in [0.05, 0.1) is 11.9 Å². The summed E-state index contributed by atoms with van der Waals surface area (Å²) in [5.74, 6) is 0.0997. The molecule has 0 heterocycles. The largest absolute Gasteiger partial charge is 0.390 e. The van der Waals surface area contributed by atoms with E-state index in [1.54, 1.807) is 24.3 Å². The number of sulfonamides is 1. The molecule has 1 atom stereocenters. The summed E-state index contributed by atoms with van der Waals surface area (Å²) < 4.78 is 25.1. The van der Waals surface area contributed by atoms with Crippen LogP contribution in [0.5, 0.6) is 0 Å². The molecule has 0 aliphatic rings. The predicted octanol–water partition coefficient (Wildman–Crippen LogP) is 0.805. The van der Waals surface area contributed by atoms with Crippen LogP contribution in [0, 0.1) is 5.41 Å². The van der Waals surface area contributed by atoms with Gasteiger partial charge in [-0.2, -0.15) is 0 Å². The third-order valence-electron chi connectivity index (χ3n) is 3.44. The first kappa shape index (κ1) is 19.4. The van der Waals surface area contributed by atoms with Crippen molar-refractivity contribution in [1.82, 2.24) is 4.31 Å². The maximum Gasteiger partial charge on any atom is 0.213 e. The van der Waals surface area contributed by atoms with Crippen LogP contribution in [0.25, 0.3) is 0 Å². The number of nitrogens with one attached hydrogen (secondary N) is 2. The number of likely N-dealkylation sites (N-methyl/N-ethyl adjacent to an activating group) is 1. The fourth-order valence-corrected chi connectivity index (χ4v) is 3.33. The Kier molecular flexibility index (Phi) is 7.47. The first-order valence-corrected chi connectivity index (χ1v) is 9.17. The zero-order valence-electron chi connectivity index (χ0n) is 13.6. The average Bonchev–Trinajstić information content (AvgIpc) is 2.51. The molecule has 0 fully saturated rings. The molecule has 8 heteroatoms. The molecule has 1 unspecified atom stereocenters. The standard InChI is InChI=1S/C15H26N4O3S/c1-3-4-9-23(21,22)19(2)11-14(20)10-18-13-7-5-12(6-8-13)15(16)17/h5-8,14,18,20H,3-4,9-11H2,1-2H3,(H3,16,17). The highest BCUT2D eigenvalue weighted by Gasteiger charge is 2.19. The van der Waals surface area contributed by atoms with E-state index in [0.29, 0.717) is 12.0 Å². The number of nitrogens with two attached hydrogens (primary N) is 1. The van der Waals surface area contributed by atoms with Crippen LogP contribution >= 0.6 is 0 Å². The molecule has 0 saturated heterocycles. The van der Waals surface area contributed by atoms with Crippen LogP contribution < -0.4 is 11.1 Å². The normalized spacial score (nSPS) is 13.0. The van der Waals surface area contributed by atoms with Gasteiger partial charge in [-0.05, 0) is 30.7 Å². The monoisotopic (exact) mass is 342 g/mol. The first-order valence-electron chi connectivity index (χ1n) is 7.56. The van der Waals surface area contributed by atoms with Gasteiger partial charge in [-0.1, -0.05) is 13.3 Å². The summed E-state index contributed by atoms with van der Waals surface area (Å²) in [5, 5.41) is 20.3. The van der Waals surface area contributed by atoms with E-state index in [1.165, 1.54) is 11.4 Å². The summed E-state index contributed by atoms with van der Waals surface area (Å²) in [6.07, 6.45) is 0.612. The summed E-state index contributed by atoms with van der Waals surface area (Å²) >= 11 is 0. The van der Waals surface area contributed by atoms with Crippen molar-refractivity contribution in [3.63, 3.8) is 0 Å². The second-order valence-corrected chi connectivity index (χ2v) is 7.67. The molecule has 5 N–H and O–H groups in total. The maximum atomic E-state index is 12.0. The molecule has 0 radical (unpaired) electrons. The SMILES string of the molecule is CCCCS(=O)(=O)N(C)CC(O)CNc1ccc(C(=N)N)cc1. The third kappa shape index (κ3) is 6.55. The molecular weight excluding hydrogens is 316 g/mol. The molecule has 1 aromatic carbocycles. The second kappa shape index (κ2) is 8.85. The van der Waals surface area contributed by atoms with Gasteiger partial charge in [-0.3, -0.25) is 5.41 Å². The van der Waals surface area contributed by atoms with E-state index < -0.39 is 16.1 Å². The number of hydrogen-bond donors (Lipinski definition) is 4. The molecule has 0 aromatic heterocycles. The van der Waals surface area contributed by atoms with E-state index in [9.17, 15) is 13.5 Å². The van der Waals surface area contributed by atoms with Crippen molar-refractivity contribution in [1.29, 1.82) is 5.41 Å². The number of nitrogen functional groups attached to an aromatic ring is 1. The molecule has 0 saturated carbocycles. The molecule has 0 bridgehead atoms. The number of amidine groups is 1. The van der Waals surface area contributed by atoms with Gasteiger partial charge in [0.2, 0.25) is 10.0 Å². The van der Waals surface area contributed by atoms with Crippen molar-refractivity contribution >= 4 is 21.5 Å². The van der Waals surface area contributed by atoms with Crippen molar-refractivity contribution in [2.45, 2.75) is 25.9 Å². The van der Waals surface area contributed by atoms with Gasteiger partial charge >= 0.3 is 0 Å². The topological polar surface area (TPSA) is 120 Å². The Hall–Kier alpha value is -1.64. The number of nitrogens with zero attached hydrogens (tertiary/aromatic N) is 1. The van der Waals surface area contributed by atoms with Crippen LogP contribution in [0.1, 0.15) is 25.3 Å². The maximum absolute atomic E-state index is 12.0. The highest BCUT2D eigenvalue weighted by atomic mass is 32.2. The molecule has 0 spiro atoms. The van der Waals surface area contributed by atoms with E-state index in [-0.39, 0.29) is 24.7 Å². The number of aliphatic hydroxyl groups excluding tert-OH is 1. The van der Waals surface area contributed by atoms with Gasteiger partial charge in [0.15, 0.2) is 0 Å². The van der Waals surface area contributed by atoms with Crippen LogP contribution in [0.3, 0.4) is 0 Å². The Morgan fingerprint density at radius 3 is 2.52 bits per heavy atom. The zero-order valence-corrected chi connectivity index (χ0v) is 14.4. The Morgan fingerprint density at radius 2 is 2.00 bits per heavy atom. The molecule has 0 aliphatic carbocycles. The molecule has 1 rings (SSSR count). The predicted molar refractivity (Wildman–Crippen MR) is 93.3 cm³/mol. The summed E-state index contributed by atoms with van der Waals surface area (Å²) in [7, 11) is -1.83. The first-order chi connectivity index (χ1) is 10.8. The average molecular weight is 342 g/mol. The molecule has 0 amide bonds. The van der Waals surface area contributed by atoms with Gasteiger partial charge in [0.25, 0.3) is 0 Å². The number of hydrogen-bond acceptors (Lipinski definition) is 5. The summed E-state index contributed by atoms with van der Waals surface area (Å²) in [6, 6.07) is 6.92. The van der Waals surface area contributed by atoms with Crippen LogP contribution in [-0.4, -0.2) is 55.7 Å². The van der Waals surface area contributed by atoms with Crippen molar-refractivity contribution in [3.05, 3.63) is 29.8 Å². The van der Waals surface area contributed by atoms with Crippen molar-refractivity contribution in [2.75, 3.05) is 31.2 Å². The lowest BCUT2D eigenvalue weighted by atomic mass is 10.2. The molecule has 7 nitrogen and oxygen atoms in total. The van der Waals surface area contributed by atoms with Crippen molar-refractivity contribution in [3.8, 4) is 0 Å². The molecule has 130 valence electrons. The molecule has 0 aliphatic heterocycles. The van der Waals surface area contributed by atoms with Crippen LogP contribution in [0.4, 0.5) is 5.69 Å². The number of anilines is 1. The lowest BCUT2D eigenvalue weighted by Gasteiger charge is -2.21. The molecular formula is C15H26N4O3S. The minimum absolute atomic E-state index is 0.00417. The van der Waals surface area contributed by atoms with Gasteiger partial charge in [-0.15, -0.1) is 0 Å². The van der Waals surface area contributed by atoms with E-state index in [2.05, 4.69) is 5.32 Å². The Bertz CT molecular complexity index is 602. The summed E-state index contributed by atoms with van der Waals surface area (Å²) in [4.78, 5) is 0. The third-order valence-corrected chi connectivity index (χ3v) is 5.34. The Balaban J connectivity index is 2.47. The zero-order chi connectivity index (χ0) is 17.5. The smallest absolute Gasteiger partial charge is 0.213 e. The Morgan fingerprint density at radius 1 is 1.39 bits per heavy atom. The highest BCUT2D eigenvalue weighted by molar-refractivity contribution is 7.89. The minimum Gasteiger partial charge on any atom is -0.390 e.